The highest BCUT2D eigenvalue weighted by molar-refractivity contribution is 5.93. The Labute approximate surface area is 163 Å². The SMILES string of the molecule is COc1ccccc1CC(=O)Nc1cccc(-c2cn3cccc(C)c3n2)c1. The van der Waals surface area contributed by atoms with Crippen LogP contribution in [0.4, 0.5) is 5.69 Å². The van der Waals surface area contributed by atoms with Gasteiger partial charge >= 0.3 is 0 Å². The van der Waals surface area contributed by atoms with Crippen LogP contribution in [-0.2, 0) is 11.2 Å². The average Bonchev–Trinajstić information content (AvgIpc) is 3.14. The van der Waals surface area contributed by atoms with E-state index >= 15 is 0 Å². The number of carbonyl (C=O) groups excluding carboxylic acids is 1. The summed E-state index contributed by atoms with van der Waals surface area (Å²) in [4.78, 5) is 17.2. The summed E-state index contributed by atoms with van der Waals surface area (Å²) >= 11 is 0. The van der Waals surface area contributed by atoms with Gasteiger partial charge in [0.1, 0.15) is 11.4 Å². The van der Waals surface area contributed by atoms with Crippen molar-refractivity contribution in [1.82, 2.24) is 9.38 Å². The maximum atomic E-state index is 12.5. The molecule has 2 aromatic carbocycles. The number of nitrogens with zero attached hydrogens (tertiary/aromatic N) is 2. The topological polar surface area (TPSA) is 55.6 Å². The molecular weight excluding hydrogens is 350 g/mol. The van der Waals surface area contributed by atoms with Crippen LogP contribution in [0.5, 0.6) is 5.75 Å². The summed E-state index contributed by atoms with van der Waals surface area (Å²) < 4.78 is 7.33. The van der Waals surface area contributed by atoms with Gasteiger partial charge in [-0.1, -0.05) is 36.4 Å². The van der Waals surface area contributed by atoms with E-state index in [4.69, 9.17) is 9.72 Å². The van der Waals surface area contributed by atoms with Gasteiger partial charge in [0, 0.05) is 29.2 Å². The second-order valence-electron chi connectivity index (χ2n) is 6.67. The Balaban J connectivity index is 1.55. The molecule has 0 atom stereocenters. The smallest absolute Gasteiger partial charge is 0.228 e. The normalized spacial score (nSPS) is 10.8. The summed E-state index contributed by atoms with van der Waals surface area (Å²) in [6.45, 7) is 2.04. The zero-order valence-electron chi connectivity index (χ0n) is 15.8. The van der Waals surface area contributed by atoms with E-state index in [-0.39, 0.29) is 12.3 Å². The molecule has 0 saturated carbocycles. The van der Waals surface area contributed by atoms with Crippen molar-refractivity contribution < 1.29 is 9.53 Å². The quantitative estimate of drug-likeness (QED) is 0.562. The number of methoxy groups -OCH3 is 1. The number of para-hydroxylation sites is 1. The number of aryl methyl sites for hydroxylation is 1. The van der Waals surface area contributed by atoms with Crippen molar-refractivity contribution >= 4 is 17.2 Å². The van der Waals surface area contributed by atoms with Crippen molar-refractivity contribution in [3.05, 3.63) is 84.2 Å². The van der Waals surface area contributed by atoms with Crippen LogP contribution in [0.3, 0.4) is 0 Å². The predicted octanol–water partition coefficient (Wildman–Crippen LogP) is 4.50. The van der Waals surface area contributed by atoms with Crippen LogP contribution in [0.25, 0.3) is 16.9 Å². The van der Waals surface area contributed by atoms with Crippen LogP contribution >= 0.6 is 0 Å². The number of rotatable bonds is 5. The predicted molar refractivity (Wildman–Crippen MR) is 111 cm³/mol. The van der Waals surface area contributed by atoms with Crippen LogP contribution in [0.15, 0.2) is 73.1 Å². The first-order valence-electron chi connectivity index (χ1n) is 9.10. The Morgan fingerprint density at radius 2 is 1.96 bits per heavy atom. The van der Waals surface area contributed by atoms with E-state index in [9.17, 15) is 4.79 Å². The molecule has 0 aliphatic carbocycles. The molecule has 0 fully saturated rings. The third-order valence-electron chi connectivity index (χ3n) is 4.66. The lowest BCUT2D eigenvalue weighted by molar-refractivity contribution is -0.115. The van der Waals surface area contributed by atoms with Crippen molar-refractivity contribution in [2.45, 2.75) is 13.3 Å². The number of ether oxygens (including phenoxy) is 1. The summed E-state index contributed by atoms with van der Waals surface area (Å²) in [7, 11) is 1.61. The standard InChI is InChI=1S/C23H21N3O2/c1-16-7-6-12-26-15-20(25-23(16)26)17-9-5-10-19(13-17)24-22(27)14-18-8-3-4-11-21(18)28-2/h3-13,15H,14H2,1-2H3,(H,24,27). The fraction of sp³-hybridized carbons (Fsp3) is 0.130. The molecule has 0 spiro atoms. The first kappa shape index (κ1) is 17.8. The van der Waals surface area contributed by atoms with Crippen molar-refractivity contribution in [2.24, 2.45) is 0 Å². The Kier molecular flexibility index (Phi) is 4.81. The van der Waals surface area contributed by atoms with E-state index in [1.807, 2.05) is 84.4 Å². The molecule has 1 amide bonds. The third kappa shape index (κ3) is 3.60. The number of amides is 1. The lowest BCUT2D eigenvalue weighted by Crippen LogP contribution is -2.14. The number of carbonyl (C=O) groups is 1. The fourth-order valence-electron chi connectivity index (χ4n) is 3.28. The molecule has 0 aliphatic heterocycles. The first-order chi connectivity index (χ1) is 13.6. The van der Waals surface area contributed by atoms with Crippen LogP contribution in [0.1, 0.15) is 11.1 Å². The minimum absolute atomic E-state index is 0.0903. The van der Waals surface area contributed by atoms with Gasteiger partial charge in [0.25, 0.3) is 0 Å². The Bertz CT molecular complexity index is 1150. The summed E-state index contributed by atoms with van der Waals surface area (Å²) in [6.07, 6.45) is 4.23. The molecule has 140 valence electrons. The zero-order valence-corrected chi connectivity index (χ0v) is 15.8. The highest BCUT2D eigenvalue weighted by Gasteiger charge is 2.10. The molecule has 0 unspecified atom stereocenters. The molecule has 5 heteroatoms. The minimum Gasteiger partial charge on any atom is -0.496 e. The number of aromatic nitrogens is 2. The number of nitrogens with one attached hydrogen (secondary N) is 1. The summed E-state index contributed by atoms with van der Waals surface area (Å²) in [6, 6.07) is 19.3. The average molecular weight is 371 g/mol. The van der Waals surface area contributed by atoms with E-state index in [2.05, 4.69) is 5.32 Å². The lowest BCUT2D eigenvalue weighted by Gasteiger charge is -2.09. The maximum Gasteiger partial charge on any atom is 0.228 e. The van der Waals surface area contributed by atoms with E-state index in [0.29, 0.717) is 5.75 Å². The number of hydrogen-bond donors (Lipinski definition) is 1. The molecule has 0 aliphatic rings. The second kappa shape index (κ2) is 7.56. The van der Waals surface area contributed by atoms with E-state index < -0.39 is 0 Å². The summed E-state index contributed by atoms with van der Waals surface area (Å²) in [5, 5.41) is 2.97. The highest BCUT2D eigenvalue weighted by atomic mass is 16.5. The Hall–Kier alpha value is -3.60. The van der Waals surface area contributed by atoms with Gasteiger partial charge in [-0.05, 0) is 36.8 Å². The third-order valence-corrected chi connectivity index (χ3v) is 4.66. The van der Waals surface area contributed by atoms with Gasteiger partial charge in [-0.3, -0.25) is 4.79 Å². The lowest BCUT2D eigenvalue weighted by atomic mass is 10.1. The molecule has 28 heavy (non-hydrogen) atoms. The molecule has 0 bridgehead atoms. The molecule has 4 aromatic rings. The van der Waals surface area contributed by atoms with Crippen molar-refractivity contribution in [1.29, 1.82) is 0 Å². The van der Waals surface area contributed by atoms with Gasteiger partial charge in [-0.15, -0.1) is 0 Å². The zero-order chi connectivity index (χ0) is 19.5. The number of benzene rings is 2. The van der Waals surface area contributed by atoms with E-state index in [0.717, 1.165) is 33.7 Å². The number of pyridine rings is 1. The number of imidazole rings is 1. The molecule has 4 rings (SSSR count). The molecule has 1 N–H and O–H groups in total. The number of anilines is 1. The summed E-state index contributed by atoms with van der Waals surface area (Å²) in [5.74, 6) is 0.624. The van der Waals surface area contributed by atoms with E-state index in [1.54, 1.807) is 7.11 Å². The molecule has 0 saturated heterocycles. The van der Waals surface area contributed by atoms with Crippen LogP contribution in [0, 0.1) is 6.92 Å². The van der Waals surface area contributed by atoms with Gasteiger partial charge in [-0.25, -0.2) is 4.98 Å². The van der Waals surface area contributed by atoms with Crippen molar-refractivity contribution in [3.8, 4) is 17.0 Å². The molecule has 5 nitrogen and oxygen atoms in total. The fourth-order valence-corrected chi connectivity index (χ4v) is 3.28. The van der Waals surface area contributed by atoms with Gasteiger partial charge in [0.05, 0.1) is 19.2 Å². The first-order valence-corrected chi connectivity index (χ1v) is 9.10. The highest BCUT2D eigenvalue weighted by Crippen LogP contribution is 2.24. The van der Waals surface area contributed by atoms with Crippen molar-refractivity contribution in [2.75, 3.05) is 12.4 Å². The largest absolute Gasteiger partial charge is 0.496 e. The van der Waals surface area contributed by atoms with Crippen LogP contribution < -0.4 is 10.1 Å². The minimum atomic E-state index is -0.0903. The van der Waals surface area contributed by atoms with Gasteiger partial charge < -0.3 is 14.5 Å². The van der Waals surface area contributed by atoms with Crippen molar-refractivity contribution in [3.63, 3.8) is 0 Å². The maximum absolute atomic E-state index is 12.5. The van der Waals surface area contributed by atoms with E-state index in [1.165, 1.54) is 0 Å². The summed E-state index contributed by atoms with van der Waals surface area (Å²) in [5.41, 5.74) is 5.48. The van der Waals surface area contributed by atoms with Gasteiger partial charge in [-0.2, -0.15) is 0 Å². The monoisotopic (exact) mass is 371 g/mol. The Morgan fingerprint density at radius 1 is 1.11 bits per heavy atom. The molecule has 2 aromatic heterocycles. The number of fused-ring (bicyclic) bond motifs is 1. The number of hydrogen-bond acceptors (Lipinski definition) is 3. The second-order valence-corrected chi connectivity index (χ2v) is 6.67. The molecular formula is C23H21N3O2. The van der Waals surface area contributed by atoms with Gasteiger partial charge in [0.2, 0.25) is 5.91 Å². The molecule has 0 radical (unpaired) electrons. The molecule has 2 heterocycles. The van der Waals surface area contributed by atoms with Gasteiger partial charge in [0.15, 0.2) is 0 Å². The van der Waals surface area contributed by atoms with Crippen LogP contribution in [-0.4, -0.2) is 22.4 Å². The van der Waals surface area contributed by atoms with Crippen LogP contribution in [0.2, 0.25) is 0 Å². The Morgan fingerprint density at radius 3 is 2.79 bits per heavy atom.